The zero-order valence-electron chi connectivity index (χ0n) is 12.9. The smallest absolute Gasteiger partial charge is 0.316 e. The van der Waals surface area contributed by atoms with Gasteiger partial charge in [0.05, 0.1) is 5.60 Å². The topological polar surface area (TPSA) is 69.6 Å². The van der Waals surface area contributed by atoms with E-state index in [1.807, 2.05) is 25.1 Å². The van der Waals surface area contributed by atoms with Crippen LogP contribution in [0.1, 0.15) is 36.8 Å². The number of carbonyl (C=O) groups is 2. The maximum Gasteiger partial charge on any atom is 0.316 e. The van der Waals surface area contributed by atoms with E-state index < -0.39 is 17.4 Å². The van der Waals surface area contributed by atoms with E-state index in [0.29, 0.717) is 19.4 Å². The van der Waals surface area contributed by atoms with Crippen molar-refractivity contribution in [2.24, 2.45) is 0 Å². The van der Waals surface area contributed by atoms with Crippen molar-refractivity contribution in [1.29, 1.82) is 0 Å². The Morgan fingerprint density at radius 2 is 2.05 bits per heavy atom. The van der Waals surface area contributed by atoms with E-state index in [2.05, 4.69) is 5.32 Å². The molecule has 0 atom stereocenters. The van der Waals surface area contributed by atoms with E-state index >= 15 is 0 Å². The maximum atomic E-state index is 12.4. The second-order valence-corrected chi connectivity index (χ2v) is 6.45. The summed E-state index contributed by atoms with van der Waals surface area (Å²) < 4.78 is 0. The molecule has 1 aromatic rings. The van der Waals surface area contributed by atoms with Gasteiger partial charge in [-0.05, 0) is 43.4 Å². The third kappa shape index (κ3) is 2.86. The van der Waals surface area contributed by atoms with Crippen LogP contribution in [0.2, 0.25) is 0 Å². The largest absolute Gasteiger partial charge is 0.388 e. The lowest BCUT2D eigenvalue weighted by Crippen LogP contribution is -2.47. The predicted octanol–water partition coefficient (Wildman–Crippen LogP) is 1.31. The van der Waals surface area contributed by atoms with Crippen LogP contribution in [0.25, 0.3) is 0 Å². The van der Waals surface area contributed by atoms with Gasteiger partial charge in [0.25, 0.3) is 0 Å². The summed E-state index contributed by atoms with van der Waals surface area (Å²) in [7, 11) is 0. The van der Waals surface area contributed by atoms with Gasteiger partial charge in [0.2, 0.25) is 0 Å². The van der Waals surface area contributed by atoms with E-state index in [4.69, 9.17) is 0 Å². The highest BCUT2D eigenvalue weighted by Crippen LogP contribution is 2.30. The Bertz CT molecular complexity index is 606. The zero-order chi connectivity index (χ0) is 15.7. The van der Waals surface area contributed by atoms with Crippen LogP contribution in [0.5, 0.6) is 0 Å². The predicted molar refractivity (Wildman–Crippen MR) is 83.7 cm³/mol. The normalized spacial score (nSPS) is 19.1. The number of aryl methyl sites for hydroxylation is 1. The molecule has 5 heteroatoms. The second kappa shape index (κ2) is 5.72. The van der Waals surface area contributed by atoms with Crippen molar-refractivity contribution in [3.8, 4) is 0 Å². The number of amides is 2. The van der Waals surface area contributed by atoms with E-state index in [1.165, 1.54) is 4.90 Å². The zero-order valence-corrected chi connectivity index (χ0v) is 12.9. The van der Waals surface area contributed by atoms with Crippen LogP contribution in [-0.4, -0.2) is 35.6 Å². The van der Waals surface area contributed by atoms with Crippen LogP contribution < -0.4 is 10.2 Å². The van der Waals surface area contributed by atoms with E-state index in [-0.39, 0.29) is 6.54 Å². The van der Waals surface area contributed by atoms with Crippen molar-refractivity contribution >= 4 is 17.5 Å². The van der Waals surface area contributed by atoms with Gasteiger partial charge in [-0.2, -0.15) is 0 Å². The Labute approximate surface area is 130 Å². The van der Waals surface area contributed by atoms with E-state index in [1.54, 1.807) is 0 Å². The van der Waals surface area contributed by atoms with Gasteiger partial charge in [0, 0.05) is 18.8 Å². The van der Waals surface area contributed by atoms with Crippen molar-refractivity contribution in [2.45, 2.75) is 44.6 Å². The molecule has 3 rings (SSSR count). The minimum atomic E-state index is -0.838. The van der Waals surface area contributed by atoms with Crippen molar-refractivity contribution in [2.75, 3.05) is 18.0 Å². The molecule has 0 aromatic heterocycles. The van der Waals surface area contributed by atoms with Gasteiger partial charge in [-0.25, -0.2) is 0 Å². The summed E-state index contributed by atoms with van der Waals surface area (Å²) in [6, 6.07) is 5.97. The summed E-state index contributed by atoms with van der Waals surface area (Å²) in [5.74, 6) is -1.17. The summed E-state index contributed by atoms with van der Waals surface area (Å²) in [5, 5.41) is 12.8. The number of nitrogens with one attached hydrogen (secondary N) is 1. The minimum Gasteiger partial charge on any atom is -0.388 e. The maximum absolute atomic E-state index is 12.4. The van der Waals surface area contributed by atoms with Crippen molar-refractivity contribution in [3.05, 3.63) is 29.3 Å². The van der Waals surface area contributed by atoms with E-state index in [0.717, 1.165) is 36.1 Å². The van der Waals surface area contributed by atoms with Crippen LogP contribution in [0.3, 0.4) is 0 Å². The number of hydrogen-bond acceptors (Lipinski definition) is 3. The SMILES string of the molecule is Cc1ccc2c(c1)N(C(=O)C(=O)NCC1(O)CCCC1)CC2. The number of hydrogen-bond donors (Lipinski definition) is 2. The minimum absolute atomic E-state index is 0.159. The van der Waals surface area contributed by atoms with Crippen molar-refractivity contribution < 1.29 is 14.7 Å². The summed E-state index contributed by atoms with van der Waals surface area (Å²) in [4.78, 5) is 26.0. The lowest BCUT2D eigenvalue weighted by molar-refractivity contribution is -0.138. The Morgan fingerprint density at radius 3 is 2.77 bits per heavy atom. The Hall–Kier alpha value is -1.88. The Balaban J connectivity index is 1.65. The summed E-state index contributed by atoms with van der Waals surface area (Å²) in [6.45, 7) is 2.67. The molecule has 0 radical (unpaired) electrons. The first-order valence-corrected chi connectivity index (χ1v) is 7.90. The highest BCUT2D eigenvalue weighted by Gasteiger charge is 2.34. The first-order valence-electron chi connectivity index (χ1n) is 7.90. The quantitative estimate of drug-likeness (QED) is 0.809. The number of nitrogens with zero attached hydrogens (tertiary/aromatic N) is 1. The lowest BCUT2D eigenvalue weighted by atomic mass is 10.0. The number of benzene rings is 1. The van der Waals surface area contributed by atoms with Gasteiger partial charge in [-0.15, -0.1) is 0 Å². The van der Waals surface area contributed by atoms with Crippen LogP contribution in [-0.2, 0) is 16.0 Å². The molecule has 2 aliphatic rings. The van der Waals surface area contributed by atoms with Gasteiger partial charge < -0.3 is 15.3 Å². The van der Waals surface area contributed by atoms with Gasteiger partial charge in [-0.1, -0.05) is 25.0 Å². The number of aliphatic hydroxyl groups is 1. The van der Waals surface area contributed by atoms with Gasteiger partial charge in [-0.3, -0.25) is 9.59 Å². The molecule has 0 spiro atoms. The number of anilines is 1. The molecular formula is C17H22N2O3. The second-order valence-electron chi connectivity index (χ2n) is 6.45. The summed E-state index contributed by atoms with van der Waals surface area (Å²) >= 11 is 0. The highest BCUT2D eigenvalue weighted by molar-refractivity contribution is 6.40. The first kappa shape index (κ1) is 15.0. The van der Waals surface area contributed by atoms with Gasteiger partial charge in [0.1, 0.15) is 0 Å². The Kier molecular flexibility index (Phi) is 3.91. The average Bonchev–Trinajstić information content (AvgIpc) is 3.10. The average molecular weight is 302 g/mol. The molecule has 1 aliphatic heterocycles. The molecule has 0 saturated heterocycles. The molecule has 2 amide bonds. The third-order valence-corrected chi connectivity index (χ3v) is 4.69. The van der Waals surface area contributed by atoms with Gasteiger partial charge >= 0.3 is 11.8 Å². The van der Waals surface area contributed by atoms with Crippen molar-refractivity contribution in [3.63, 3.8) is 0 Å². The first-order chi connectivity index (χ1) is 10.5. The number of rotatable bonds is 2. The Morgan fingerprint density at radius 1 is 1.32 bits per heavy atom. The molecule has 1 fully saturated rings. The molecule has 5 nitrogen and oxygen atoms in total. The molecule has 0 unspecified atom stereocenters. The summed E-state index contributed by atoms with van der Waals surface area (Å²) in [6.07, 6.45) is 4.09. The van der Waals surface area contributed by atoms with Crippen LogP contribution in [0.4, 0.5) is 5.69 Å². The third-order valence-electron chi connectivity index (χ3n) is 4.69. The van der Waals surface area contributed by atoms with Crippen LogP contribution >= 0.6 is 0 Å². The van der Waals surface area contributed by atoms with Crippen LogP contribution in [0, 0.1) is 6.92 Å². The number of carbonyl (C=O) groups excluding carboxylic acids is 2. The monoisotopic (exact) mass is 302 g/mol. The highest BCUT2D eigenvalue weighted by atomic mass is 16.3. The molecule has 22 heavy (non-hydrogen) atoms. The molecule has 1 heterocycles. The fraction of sp³-hybridized carbons (Fsp3) is 0.529. The number of fused-ring (bicyclic) bond motifs is 1. The molecule has 1 aliphatic carbocycles. The molecule has 118 valence electrons. The summed E-state index contributed by atoms with van der Waals surface area (Å²) in [5.41, 5.74) is 2.16. The molecule has 2 N–H and O–H groups in total. The standard InChI is InChI=1S/C17H22N2O3/c1-12-4-5-13-6-9-19(14(13)10-12)16(21)15(20)18-11-17(22)7-2-3-8-17/h4-5,10,22H,2-3,6-9,11H2,1H3,(H,18,20). The fourth-order valence-electron chi connectivity index (χ4n) is 3.35. The lowest BCUT2D eigenvalue weighted by Gasteiger charge is -2.23. The molecule has 1 aromatic carbocycles. The van der Waals surface area contributed by atoms with Crippen LogP contribution in [0.15, 0.2) is 18.2 Å². The van der Waals surface area contributed by atoms with Crippen molar-refractivity contribution in [1.82, 2.24) is 5.32 Å². The fourth-order valence-corrected chi connectivity index (χ4v) is 3.35. The molecule has 1 saturated carbocycles. The molecule has 0 bridgehead atoms. The molecular weight excluding hydrogens is 280 g/mol. The van der Waals surface area contributed by atoms with Gasteiger partial charge in [0.15, 0.2) is 0 Å². The van der Waals surface area contributed by atoms with E-state index in [9.17, 15) is 14.7 Å².